The van der Waals surface area contributed by atoms with Crippen LogP contribution in [0.3, 0.4) is 0 Å². The van der Waals surface area contributed by atoms with E-state index in [1.807, 2.05) is 13.1 Å². The molecule has 0 radical (unpaired) electrons. The van der Waals surface area contributed by atoms with E-state index in [0.717, 1.165) is 25.0 Å². The molecule has 1 saturated heterocycles. The lowest BCUT2D eigenvalue weighted by atomic mass is 10.0. The smallest absolute Gasteiger partial charge is 0.212 e. The van der Waals surface area contributed by atoms with Crippen molar-refractivity contribution in [2.75, 3.05) is 12.4 Å². The van der Waals surface area contributed by atoms with Gasteiger partial charge in [-0.25, -0.2) is 13.1 Å². The largest absolute Gasteiger partial charge is 0.372 e. The average molecular weight is 327 g/mol. The van der Waals surface area contributed by atoms with Gasteiger partial charge in [0.05, 0.1) is 11.4 Å². The molecule has 1 aromatic rings. The summed E-state index contributed by atoms with van der Waals surface area (Å²) in [6.45, 7) is 0.576. The van der Waals surface area contributed by atoms with Gasteiger partial charge in [-0.15, -0.1) is 0 Å². The number of nitrogens with one attached hydrogen (secondary N) is 1. The number of hydrogen-bond donors (Lipinski definition) is 1. The summed E-state index contributed by atoms with van der Waals surface area (Å²) in [6, 6.07) is 1.89. The molecule has 1 aliphatic heterocycles. The number of aromatic nitrogens is 2. The first-order valence-electron chi connectivity index (χ1n) is 8.13. The van der Waals surface area contributed by atoms with E-state index in [-0.39, 0.29) is 17.9 Å². The van der Waals surface area contributed by atoms with E-state index in [0.29, 0.717) is 18.9 Å². The lowest BCUT2D eigenvalue weighted by molar-refractivity contribution is -0.000594. The molecule has 1 N–H and O–H groups in total. The highest BCUT2D eigenvalue weighted by atomic mass is 32.2. The predicted molar refractivity (Wildman–Crippen MR) is 83.8 cm³/mol. The SMILES string of the molecule is Cn1nccc1C1CC(NS(=O)(=O)CC2CCCC2)CCO1. The normalized spacial score (nSPS) is 27.3. The lowest BCUT2D eigenvalue weighted by Crippen LogP contribution is -2.42. The summed E-state index contributed by atoms with van der Waals surface area (Å²) in [5, 5.41) is 4.16. The van der Waals surface area contributed by atoms with Gasteiger partial charge in [0.2, 0.25) is 10.0 Å². The van der Waals surface area contributed by atoms with Gasteiger partial charge in [0.15, 0.2) is 0 Å². The first kappa shape index (κ1) is 16.0. The van der Waals surface area contributed by atoms with Crippen LogP contribution in [0.1, 0.15) is 50.3 Å². The van der Waals surface area contributed by atoms with Crippen LogP contribution >= 0.6 is 0 Å². The molecule has 3 rings (SSSR count). The Hall–Kier alpha value is -0.920. The predicted octanol–water partition coefficient (Wildman–Crippen LogP) is 1.75. The minimum atomic E-state index is -3.19. The number of rotatable bonds is 5. The van der Waals surface area contributed by atoms with E-state index in [4.69, 9.17) is 4.74 Å². The second-order valence-electron chi connectivity index (χ2n) is 6.51. The molecule has 2 fully saturated rings. The Labute approximate surface area is 132 Å². The van der Waals surface area contributed by atoms with E-state index in [1.165, 1.54) is 12.8 Å². The van der Waals surface area contributed by atoms with Crippen molar-refractivity contribution in [1.29, 1.82) is 0 Å². The minimum absolute atomic E-state index is 0.0416. The molecule has 2 unspecified atom stereocenters. The Morgan fingerprint density at radius 1 is 1.36 bits per heavy atom. The zero-order valence-electron chi connectivity index (χ0n) is 13.1. The van der Waals surface area contributed by atoms with Crippen LogP contribution in [-0.2, 0) is 21.8 Å². The van der Waals surface area contributed by atoms with Crippen LogP contribution in [-0.4, -0.2) is 36.6 Å². The summed E-state index contributed by atoms with van der Waals surface area (Å²) in [4.78, 5) is 0. The zero-order valence-corrected chi connectivity index (χ0v) is 13.9. The number of aryl methyl sites for hydroxylation is 1. The molecule has 0 bridgehead atoms. The summed E-state index contributed by atoms with van der Waals surface area (Å²) < 4.78 is 35.2. The van der Waals surface area contributed by atoms with Gasteiger partial charge in [-0.3, -0.25) is 4.68 Å². The molecule has 7 heteroatoms. The molecule has 0 spiro atoms. The molecule has 2 aliphatic rings. The Balaban J connectivity index is 1.59. The molecule has 0 aromatic carbocycles. The van der Waals surface area contributed by atoms with Crippen molar-refractivity contribution in [2.45, 2.75) is 50.7 Å². The minimum Gasteiger partial charge on any atom is -0.372 e. The fourth-order valence-electron chi connectivity index (χ4n) is 3.60. The van der Waals surface area contributed by atoms with Crippen molar-refractivity contribution in [3.05, 3.63) is 18.0 Å². The lowest BCUT2D eigenvalue weighted by Gasteiger charge is -2.30. The standard InChI is InChI=1S/C15H25N3O3S/c1-18-14(6-8-16-18)15-10-13(7-9-21-15)17-22(19,20)11-12-4-2-3-5-12/h6,8,12-13,15,17H,2-5,7,9-11H2,1H3. The summed E-state index contributed by atoms with van der Waals surface area (Å²) in [5.41, 5.74) is 1.000. The summed E-state index contributed by atoms with van der Waals surface area (Å²) >= 11 is 0. The Kier molecular flexibility index (Phi) is 4.84. The highest BCUT2D eigenvalue weighted by Crippen LogP contribution is 2.29. The first-order valence-corrected chi connectivity index (χ1v) is 9.78. The summed E-state index contributed by atoms with van der Waals surface area (Å²) in [5.74, 6) is 0.617. The second-order valence-corrected chi connectivity index (χ2v) is 8.31. The van der Waals surface area contributed by atoms with Gasteiger partial charge in [0, 0.05) is 25.9 Å². The maximum atomic E-state index is 12.3. The number of ether oxygens (including phenoxy) is 1. The van der Waals surface area contributed by atoms with Crippen LogP contribution in [0.5, 0.6) is 0 Å². The van der Waals surface area contributed by atoms with E-state index >= 15 is 0 Å². The molecule has 124 valence electrons. The summed E-state index contributed by atoms with van der Waals surface area (Å²) in [7, 11) is -1.31. The third-order valence-electron chi connectivity index (χ3n) is 4.75. The quantitative estimate of drug-likeness (QED) is 0.894. The number of sulfonamides is 1. The molecule has 2 atom stereocenters. The molecule has 6 nitrogen and oxygen atoms in total. The zero-order chi connectivity index (χ0) is 15.6. The van der Waals surface area contributed by atoms with Gasteiger partial charge in [-0.1, -0.05) is 12.8 Å². The van der Waals surface area contributed by atoms with Crippen LogP contribution in [0.25, 0.3) is 0 Å². The topological polar surface area (TPSA) is 73.2 Å². The average Bonchev–Trinajstić information content (AvgIpc) is 3.09. The molecule has 22 heavy (non-hydrogen) atoms. The maximum Gasteiger partial charge on any atom is 0.212 e. The van der Waals surface area contributed by atoms with E-state index < -0.39 is 10.0 Å². The van der Waals surface area contributed by atoms with Gasteiger partial charge in [0.1, 0.15) is 6.10 Å². The fourth-order valence-corrected chi connectivity index (χ4v) is 5.37. The fraction of sp³-hybridized carbons (Fsp3) is 0.800. The van der Waals surface area contributed by atoms with Crippen LogP contribution in [0.2, 0.25) is 0 Å². The van der Waals surface area contributed by atoms with Crippen LogP contribution in [0.4, 0.5) is 0 Å². The highest BCUT2D eigenvalue weighted by molar-refractivity contribution is 7.89. The van der Waals surface area contributed by atoms with Crippen molar-refractivity contribution in [1.82, 2.24) is 14.5 Å². The van der Waals surface area contributed by atoms with Crippen LogP contribution < -0.4 is 4.72 Å². The molecule has 0 amide bonds. The van der Waals surface area contributed by atoms with Gasteiger partial charge < -0.3 is 4.74 Å². The van der Waals surface area contributed by atoms with E-state index in [1.54, 1.807) is 10.9 Å². The second kappa shape index (κ2) is 6.68. The van der Waals surface area contributed by atoms with Gasteiger partial charge in [-0.05, 0) is 37.7 Å². The van der Waals surface area contributed by atoms with Crippen molar-refractivity contribution >= 4 is 10.0 Å². The molecule has 1 saturated carbocycles. The highest BCUT2D eigenvalue weighted by Gasteiger charge is 2.30. The van der Waals surface area contributed by atoms with Crippen LogP contribution in [0.15, 0.2) is 12.3 Å². The monoisotopic (exact) mass is 327 g/mol. The molecule has 1 aliphatic carbocycles. The Bertz CT molecular complexity index is 593. The number of nitrogens with zero attached hydrogens (tertiary/aromatic N) is 2. The van der Waals surface area contributed by atoms with Gasteiger partial charge >= 0.3 is 0 Å². The van der Waals surface area contributed by atoms with Gasteiger partial charge in [0.25, 0.3) is 0 Å². The van der Waals surface area contributed by atoms with Crippen LogP contribution in [0, 0.1) is 5.92 Å². The first-order chi connectivity index (χ1) is 10.5. The Morgan fingerprint density at radius 2 is 2.14 bits per heavy atom. The van der Waals surface area contributed by atoms with Crippen molar-refractivity contribution in [3.63, 3.8) is 0 Å². The molecular weight excluding hydrogens is 302 g/mol. The number of hydrogen-bond acceptors (Lipinski definition) is 4. The molecule has 2 heterocycles. The summed E-state index contributed by atoms with van der Waals surface area (Å²) in [6.07, 6.45) is 7.49. The van der Waals surface area contributed by atoms with E-state index in [2.05, 4.69) is 9.82 Å². The molecular formula is C15H25N3O3S. The van der Waals surface area contributed by atoms with Gasteiger partial charge in [-0.2, -0.15) is 5.10 Å². The van der Waals surface area contributed by atoms with Crippen molar-refractivity contribution in [2.24, 2.45) is 13.0 Å². The third kappa shape index (κ3) is 3.88. The van der Waals surface area contributed by atoms with Crippen molar-refractivity contribution in [3.8, 4) is 0 Å². The molecule has 1 aromatic heterocycles. The Morgan fingerprint density at radius 3 is 2.82 bits per heavy atom. The third-order valence-corrected chi connectivity index (χ3v) is 6.35. The van der Waals surface area contributed by atoms with E-state index in [9.17, 15) is 8.42 Å². The van der Waals surface area contributed by atoms with Crippen molar-refractivity contribution < 1.29 is 13.2 Å². The maximum absolute atomic E-state index is 12.3.